The fourth-order valence-corrected chi connectivity index (χ4v) is 5.62. The molecular weight excluding hydrogens is 628 g/mol. The van der Waals surface area contributed by atoms with E-state index in [0.717, 1.165) is 66.9 Å². The second-order valence-electron chi connectivity index (χ2n) is 13.2. The molecule has 5 heteroatoms. The Morgan fingerprint density at radius 1 is 0.633 bits per heavy atom. The number of benzene rings is 2. The number of allylic oxidation sites excluding steroid dienone is 10. The third-order valence-electron chi connectivity index (χ3n) is 8.06. The maximum atomic E-state index is 12.9. The highest BCUT2D eigenvalue weighted by Gasteiger charge is 2.15. The molecule has 0 aliphatic carbocycles. The molecule has 0 bridgehead atoms. The molecule has 2 aromatic rings. The minimum Gasteiger partial charge on any atom is -0.496 e. The summed E-state index contributed by atoms with van der Waals surface area (Å²) in [6, 6.07) is 9.84. The van der Waals surface area contributed by atoms with E-state index in [0.29, 0.717) is 22.4 Å². The summed E-state index contributed by atoms with van der Waals surface area (Å²) in [6.07, 6.45) is 35.1. The van der Waals surface area contributed by atoms with E-state index in [9.17, 15) is 4.79 Å². The first kappa shape index (κ1) is 41.4. The number of halogens is 1. The molecule has 0 aliphatic rings. The van der Waals surface area contributed by atoms with Crippen LogP contribution in [-0.4, -0.2) is 20.2 Å². The molecule has 266 valence electrons. The zero-order valence-corrected chi connectivity index (χ0v) is 31.5. The minimum atomic E-state index is -0.392. The number of carbonyl (C=O) groups is 1. The van der Waals surface area contributed by atoms with Crippen molar-refractivity contribution in [3.8, 4) is 17.2 Å². The molecule has 0 aliphatic heterocycles. The van der Waals surface area contributed by atoms with Gasteiger partial charge in [0.15, 0.2) is 0 Å². The second kappa shape index (κ2) is 25.2. The van der Waals surface area contributed by atoms with Crippen molar-refractivity contribution in [2.45, 2.75) is 98.3 Å². The van der Waals surface area contributed by atoms with Crippen LogP contribution in [0.5, 0.6) is 17.2 Å². The molecule has 0 radical (unpaired) electrons. The van der Waals surface area contributed by atoms with E-state index in [1.807, 2.05) is 85.0 Å². The number of esters is 1. The Bertz CT molecular complexity index is 1420. The van der Waals surface area contributed by atoms with Crippen LogP contribution < -0.4 is 14.2 Å². The van der Waals surface area contributed by atoms with Gasteiger partial charge >= 0.3 is 5.97 Å². The Morgan fingerprint density at radius 2 is 1.18 bits per heavy atom. The lowest BCUT2D eigenvalue weighted by atomic mass is 9.97. The zero-order valence-electron chi connectivity index (χ0n) is 30.8. The molecule has 0 N–H and O–H groups in total. The van der Waals surface area contributed by atoms with Gasteiger partial charge in [-0.25, -0.2) is 4.79 Å². The zero-order chi connectivity index (χ0) is 35.7. The lowest BCUT2D eigenvalue weighted by Crippen LogP contribution is -2.08. The molecule has 0 unspecified atom stereocenters. The predicted molar refractivity (Wildman–Crippen MR) is 210 cm³/mol. The van der Waals surface area contributed by atoms with Gasteiger partial charge in [-0.15, -0.1) is 0 Å². The van der Waals surface area contributed by atoms with Gasteiger partial charge in [-0.1, -0.05) is 157 Å². The third kappa shape index (κ3) is 18.5. The normalized spacial score (nSPS) is 12.4. The number of unbranched alkanes of at least 4 members (excludes halogenated alkanes) is 5. The van der Waals surface area contributed by atoms with E-state index < -0.39 is 5.97 Å². The number of hydrogen-bond acceptors (Lipinski definition) is 4. The van der Waals surface area contributed by atoms with E-state index >= 15 is 0 Å². The molecule has 0 spiro atoms. The molecule has 0 saturated heterocycles. The van der Waals surface area contributed by atoms with Gasteiger partial charge in [-0.05, 0) is 72.9 Å². The molecule has 0 atom stereocenters. The summed E-state index contributed by atoms with van der Waals surface area (Å²) in [5, 5.41) is 0.588. The van der Waals surface area contributed by atoms with E-state index in [1.54, 1.807) is 20.3 Å². The Hall–Kier alpha value is -3.76. The van der Waals surface area contributed by atoms with Crippen molar-refractivity contribution >= 4 is 23.6 Å². The van der Waals surface area contributed by atoms with Gasteiger partial charge in [0.1, 0.15) is 17.2 Å². The van der Waals surface area contributed by atoms with E-state index in [2.05, 4.69) is 33.8 Å². The molecule has 0 saturated carbocycles. The Kier molecular flexibility index (Phi) is 21.3. The number of methoxy groups -OCH3 is 2. The first-order valence-electron chi connectivity index (χ1n) is 18.0. The van der Waals surface area contributed by atoms with E-state index in [-0.39, 0.29) is 0 Å². The van der Waals surface area contributed by atoms with Crippen molar-refractivity contribution in [3.05, 3.63) is 119 Å². The highest BCUT2D eigenvalue weighted by molar-refractivity contribution is 6.32. The molecular formula is C44H59ClO4. The van der Waals surface area contributed by atoms with Crippen LogP contribution in [0.25, 0.3) is 6.08 Å². The minimum absolute atomic E-state index is 0.392. The van der Waals surface area contributed by atoms with Gasteiger partial charge < -0.3 is 14.2 Å². The monoisotopic (exact) mass is 686 g/mol. The molecule has 0 amide bonds. The van der Waals surface area contributed by atoms with Gasteiger partial charge in [0.25, 0.3) is 0 Å². The predicted octanol–water partition coefficient (Wildman–Crippen LogP) is 12.7. The second-order valence-corrected chi connectivity index (χ2v) is 13.6. The number of carbonyl (C=O) groups excluding carboxylic acids is 1. The van der Waals surface area contributed by atoms with Crippen molar-refractivity contribution in [3.63, 3.8) is 0 Å². The molecule has 49 heavy (non-hydrogen) atoms. The largest absolute Gasteiger partial charge is 0.496 e. The maximum Gasteiger partial charge on any atom is 0.336 e. The molecule has 4 nitrogen and oxygen atoms in total. The third-order valence-corrected chi connectivity index (χ3v) is 8.36. The first-order valence-corrected chi connectivity index (χ1v) is 18.4. The molecule has 0 fully saturated rings. The summed E-state index contributed by atoms with van der Waals surface area (Å²) in [6.45, 7) is 9.07. The van der Waals surface area contributed by atoms with Gasteiger partial charge in [0.05, 0.1) is 19.2 Å². The first-order chi connectivity index (χ1) is 23.7. The number of rotatable bonds is 23. The number of hydrogen-bond donors (Lipinski definition) is 0. The Labute approximate surface area is 302 Å². The van der Waals surface area contributed by atoms with Crippen LogP contribution in [0.3, 0.4) is 0 Å². The number of ether oxygens (including phenoxy) is 3. The SMILES string of the molecule is COc1ccc(/C=C/C=C/C=C/C=C/C=C/C=C/C(=O)Oc2cc(CCCC(C)C)cc(OC)c2CCCCCCCCC(C)C)cc1Cl. The fraction of sp³-hybridized carbons (Fsp3) is 0.432. The van der Waals surface area contributed by atoms with Gasteiger partial charge in [0.2, 0.25) is 0 Å². The average molecular weight is 687 g/mol. The van der Waals surface area contributed by atoms with Gasteiger partial charge in [-0.2, -0.15) is 0 Å². The Balaban J connectivity index is 1.92. The highest BCUT2D eigenvalue weighted by atomic mass is 35.5. The summed E-state index contributed by atoms with van der Waals surface area (Å²) in [5.41, 5.74) is 3.13. The van der Waals surface area contributed by atoms with Crippen molar-refractivity contribution < 1.29 is 19.0 Å². The van der Waals surface area contributed by atoms with E-state index in [1.165, 1.54) is 38.2 Å². The van der Waals surface area contributed by atoms with Gasteiger partial charge in [-0.3, -0.25) is 0 Å². The van der Waals surface area contributed by atoms with Crippen molar-refractivity contribution in [1.29, 1.82) is 0 Å². The van der Waals surface area contributed by atoms with Crippen molar-refractivity contribution in [2.24, 2.45) is 11.8 Å². The van der Waals surface area contributed by atoms with Crippen LogP contribution in [-0.2, 0) is 17.6 Å². The summed E-state index contributed by atoms with van der Waals surface area (Å²) in [4.78, 5) is 12.9. The summed E-state index contributed by atoms with van der Waals surface area (Å²) >= 11 is 6.17. The van der Waals surface area contributed by atoms with Crippen LogP contribution >= 0.6 is 11.6 Å². The van der Waals surface area contributed by atoms with Crippen LogP contribution in [0.2, 0.25) is 5.02 Å². The molecule has 0 aromatic heterocycles. The lowest BCUT2D eigenvalue weighted by Gasteiger charge is -2.16. The smallest absolute Gasteiger partial charge is 0.336 e. The summed E-state index contributed by atoms with van der Waals surface area (Å²) in [5.74, 6) is 3.15. The Morgan fingerprint density at radius 3 is 1.80 bits per heavy atom. The fourth-order valence-electron chi connectivity index (χ4n) is 5.36. The average Bonchev–Trinajstić information content (AvgIpc) is 3.06. The van der Waals surface area contributed by atoms with Crippen molar-refractivity contribution in [1.82, 2.24) is 0 Å². The summed E-state index contributed by atoms with van der Waals surface area (Å²) in [7, 11) is 3.31. The van der Waals surface area contributed by atoms with Gasteiger partial charge in [0, 0.05) is 11.6 Å². The quantitative estimate of drug-likeness (QED) is 0.0384. The highest BCUT2D eigenvalue weighted by Crippen LogP contribution is 2.33. The van der Waals surface area contributed by atoms with E-state index in [4.69, 9.17) is 25.8 Å². The standard InChI is InChI=1S/C44H59ClO4/c1-35(2)24-19-15-13-14-17-21-28-39-42(48-6)33-38(27-23-25-36(3)4)34-43(39)49-44(46)29-22-18-12-10-8-7-9-11-16-20-26-37-30-31-41(47-5)40(45)32-37/h7-12,16,18,20,22,26,29-36H,13-15,17,19,21,23-25,27-28H2,1-6H3/b9-7+,10-8+,16-11+,18-12+,26-20+,29-22+. The van der Waals surface area contributed by atoms with Crippen LogP contribution in [0.4, 0.5) is 0 Å². The van der Waals surface area contributed by atoms with Crippen LogP contribution in [0.15, 0.2) is 97.2 Å². The number of aryl methyl sites for hydroxylation is 1. The topological polar surface area (TPSA) is 44.8 Å². The molecule has 0 heterocycles. The molecule has 2 rings (SSSR count). The molecule has 2 aromatic carbocycles. The van der Waals surface area contributed by atoms with Crippen LogP contribution in [0, 0.1) is 11.8 Å². The summed E-state index contributed by atoms with van der Waals surface area (Å²) < 4.78 is 16.9. The van der Waals surface area contributed by atoms with Crippen LogP contribution in [0.1, 0.15) is 102 Å². The van der Waals surface area contributed by atoms with Crippen molar-refractivity contribution in [2.75, 3.05) is 14.2 Å². The maximum absolute atomic E-state index is 12.9. The lowest BCUT2D eigenvalue weighted by molar-refractivity contribution is -0.129.